The van der Waals surface area contributed by atoms with Gasteiger partial charge in [0, 0.05) is 9.50 Å². The Morgan fingerprint density at radius 2 is 2.19 bits per heavy atom. The van der Waals surface area contributed by atoms with Gasteiger partial charge < -0.3 is 10.4 Å². The van der Waals surface area contributed by atoms with Gasteiger partial charge in [-0.25, -0.2) is 0 Å². The highest BCUT2D eigenvalue weighted by molar-refractivity contribution is 9.10. The summed E-state index contributed by atoms with van der Waals surface area (Å²) in [6.45, 7) is 1.97. The van der Waals surface area contributed by atoms with Gasteiger partial charge in [-0.1, -0.05) is 11.6 Å². The molecule has 2 atom stereocenters. The number of rotatable bonds is 2. The highest BCUT2D eigenvalue weighted by atomic mass is 79.9. The number of aryl methyl sites for hydroxylation is 1. The Morgan fingerprint density at radius 1 is 1.44 bits per heavy atom. The van der Waals surface area contributed by atoms with Gasteiger partial charge in [-0.15, -0.1) is 0 Å². The molecule has 2 N–H and O–H groups in total. The lowest BCUT2D eigenvalue weighted by atomic mass is 10.1. The lowest BCUT2D eigenvalue weighted by Crippen LogP contribution is -2.28. The van der Waals surface area contributed by atoms with Crippen LogP contribution in [0.15, 0.2) is 16.6 Å². The molecule has 1 aliphatic carbocycles. The number of benzene rings is 1. The van der Waals surface area contributed by atoms with Crippen LogP contribution in [0.3, 0.4) is 0 Å². The maximum absolute atomic E-state index is 9.75. The van der Waals surface area contributed by atoms with E-state index < -0.39 is 0 Å². The Morgan fingerprint density at radius 3 is 2.81 bits per heavy atom. The molecule has 0 amide bonds. The van der Waals surface area contributed by atoms with Crippen molar-refractivity contribution in [3.63, 3.8) is 0 Å². The molecule has 2 rings (SSSR count). The average Bonchev–Trinajstić information content (AvgIpc) is 2.61. The number of halogens is 2. The van der Waals surface area contributed by atoms with Gasteiger partial charge in [-0.05, 0) is 59.8 Å². The van der Waals surface area contributed by atoms with Crippen LogP contribution in [-0.2, 0) is 0 Å². The lowest BCUT2D eigenvalue weighted by Gasteiger charge is -2.19. The average molecular weight is 305 g/mol. The van der Waals surface area contributed by atoms with Crippen LogP contribution in [0.1, 0.15) is 24.8 Å². The molecule has 1 aromatic rings. The lowest BCUT2D eigenvalue weighted by molar-refractivity contribution is 0.172. The van der Waals surface area contributed by atoms with Crippen LogP contribution in [0, 0.1) is 6.92 Å². The van der Waals surface area contributed by atoms with Gasteiger partial charge in [0.2, 0.25) is 0 Å². The van der Waals surface area contributed by atoms with Crippen LogP contribution in [0.4, 0.5) is 5.69 Å². The molecular formula is C12H15BrClNO. The van der Waals surface area contributed by atoms with Crippen LogP contribution < -0.4 is 5.32 Å². The summed E-state index contributed by atoms with van der Waals surface area (Å²) in [5, 5.41) is 13.8. The number of anilines is 1. The van der Waals surface area contributed by atoms with E-state index >= 15 is 0 Å². The predicted octanol–water partition coefficient (Wildman–Crippen LogP) is 3.74. The first kappa shape index (κ1) is 12.2. The van der Waals surface area contributed by atoms with Crippen LogP contribution in [0.25, 0.3) is 0 Å². The molecule has 0 aromatic heterocycles. The van der Waals surface area contributed by atoms with E-state index in [1.807, 2.05) is 19.1 Å². The van der Waals surface area contributed by atoms with Gasteiger partial charge in [-0.2, -0.15) is 0 Å². The van der Waals surface area contributed by atoms with Crippen LogP contribution >= 0.6 is 27.5 Å². The predicted molar refractivity (Wildman–Crippen MR) is 71.2 cm³/mol. The molecule has 0 saturated heterocycles. The summed E-state index contributed by atoms with van der Waals surface area (Å²) in [5.74, 6) is 0. The molecule has 0 spiro atoms. The van der Waals surface area contributed by atoms with E-state index in [0.717, 1.165) is 40.0 Å². The first-order valence-corrected chi connectivity index (χ1v) is 6.65. The molecule has 4 heteroatoms. The van der Waals surface area contributed by atoms with E-state index in [0.29, 0.717) is 0 Å². The van der Waals surface area contributed by atoms with Gasteiger partial charge in [0.25, 0.3) is 0 Å². The molecule has 88 valence electrons. The van der Waals surface area contributed by atoms with Crippen LogP contribution in [-0.4, -0.2) is 17.3 Å². The third-order valence-corrected chi connectivity index (χ3v) is 4.13. The second-order valence-corrected chi connectivity index (χ2v) is 5.59. The Hall–Kier alpha value is -0.250. The quantitative estimate of drug-likeness (QED) is 0.872. The van der Waals surface area contributed by atoms with Crippen molar-refractivity contribution < 1.29 is 5.11 Å². The molecule has 1 aromatic carbocycles. The number of aliphatic hydroxyl groups excluding tert-OH is 1. The van der Waals surface area contributed by atoms with E-state index in [4.69, 9.17) is 11.6 Å². The molecular weight excluding hydrogens is 289 g/mol. The topological polar surface area (TPSA) is 32.3 Å². The molecule has 1 saturated carbocycles. The maximum atomic E-state index is 9.75. The molecule has 0 bridgehead atoms. The maximum Gasteiger partial charge on any atom is 0.0741 e. The number of nitrogens with one attached hydrogen (secondary N) is 1. The SMILES string of the molecule is Cc1cc(Br)c(N[C@H]2CCC[C@@H]2O)cc1Cl. The van der Waals surface area contributed by atoms with Crippen molar-refractivity contribution in [1.29, 1.82) is 0 Å². The fraction of sp³-hybridized carbons (Fsp3) is 0.500. The highest BCUT2D eigenvalue weighted by Gasteiger charge is 2.25. The summed E-state index contributed by atoms with van der Waals surface area (Å²) < 4.78 is 0.994. The monoisotopic (exact) mass is 303 g/mol. The van der Waals surface area contributed by atoms with Crippen molar-refractivity contribution in [2.24, 2.45) is 0 Å². The van der Waals surface area contributed by atoms with Crippen molar-refractivity contribution in [2.45, 2.75) is 38.3 Å². The summed E-state index contributed by atoms with van der Waals surface area (Å²) in [7, 11) is 0. The Bertz CT molecular complexity index is 397. The van der Waals surface area contributed by atoms with Crippen LogP contribution in [0.5, 0.6) is 0 Å². The van der Waals surface area contributed by atoms with Gasteiger partial charge in [-0.3, -0.25) is 0 Å². The Labute approximate surface area is 109 Å². The first-order chi connectivity index (χ1) is 7.58. The normalized spacial score (nSPS) is 24.8. The molecule has 1 fully saturated rings. The second-order valence-electron chi connectivity index (χ2n) is 4.33. The third-order valence-electron chi connectivity index (χ3n) is 3.07. The zero-order valence-electron chi connectivity index (χ0n) is 9.13. The van der Waals surface area contributed by atoms with Crippen molar-refractivity contribution in [2.75, 3.05) is 5.32 Å². The molecule has 16 heavy (non-hydrogen) atoms. The fourth-order valence-corrected chi connectivity index (χ4v) is 2.80. The van der Waals surface area contributed by atoms with Gasteiger partial charge in [0.1, 0.15) is 0 Å². The standard InChI is InChI=1S/C12H15BrClNO/c1-7-5-8(13)11(6-9(7)14)15-10-3-2-4-12(10)16/h5-6,10,12,15-16H,2-4H2,1H3/t10-,12-/m0/s1. The molecule has 0 radical (unpaired) electrons. The summed E-state index contributed by atoms with van der Waals surface area (Å²) in [4.78, 5) is 0. The molecule has 0 heterocycles. The van der Waals surface area contributed by atoms with E-state index in [9.17, 15) is 5.11 Å². The second kappa shape index (κ2) is 4.94. The van der Waals surface area contributed by atoms with Crippen molar-refractivity contribution in [1.82, 2.24) is 0 Å². The zero-order chi connectivity index (χ0) is 11.7. The van der Waals surface area contributed by atoms with Crippen LogP contribution in [0.2, 0.25) is 5.02 Å². The third kappa shape index (κ3) is 2.53. The molecule has 0 unspecified atom stereocenters. The Kier molecular flexibility index (Phi) is 3.77. The minimum Gasteiger partial charge on any atom is -0.391 e. The minimum absolute atomic E-state index is 0.148. The van der Waals surface area contributed by atoms with Gasteiger partial charge in [0.15, 0.2) is 0 Å². The number of hydrogen-bond donors (Lipinski definition) is 2. The first-order valence-electron chi connectivity index (χ1n) is 5.48. The van der Waals surface area contributed by atoms with E-state index in [2.05, 4.69) is 21.2 Å². The molecule has 0 aliphatic heterocycles. The largest absolute Gasteiger partial charge is 0.391 e. The molecule has 2 nitrogen and oxygen atoms in total. The minimum atomic E-state index is -0.244. The van der Waals surface area contributed by atoms with Gasteiger partial charge in [0.05, 0.1) is 17.8 Å². The summed E-state index contributed by atoms with van der Waals surface area (Å²) in [5.41, 5.74) is 2.01. The van der Waals surface area contributed by atoms with E-state index in [1.54, 1.807) is 0 Å². The summed E-state index contributed by atoms with van der Waals surface area (Å²) >= 11 is 9.59. The fourth-order valence-electron chi connectivity index (χ4n) is 2.07. The summed E-state index contributed by atoms with van der Waals surface area (Å²) in [6, 6.07) is 4.05. The highest BCUT2D eigenvalue weighted by Crippen LogP contribution is 2.32. The van der Waals surface area contributed by atoms with Crippen molar-refractivity contribution in [3.05, 3.63) is 27.2 Å². The summed E-state index contributed by atoms with van der Waals surface area (Å²) in [6.07, 6.45) is 2.73. The number of aliphatic hydroxyl groups is 1. The zero-order valence-corrected chi connectivity index (χ0v) is 11.5. The number of hydrogen-bond acceptors (Lipinski definition) is 2. The smallest absolute Gasteiger partial charge is 0.0741 e. The molecule has 1 aliphatic rings. The Balaban J connectivity index is 2.18. The van der Waals surface area contributed by atoms with Crippen molar-refractivity contribution >= 4 is 33.2 Å². The van der Waals surface area contributed by atoms with Crippen molar-refractivity contribution in [3.8, 4) is 0 Å². The van der Waals surface area contributed by atoms with E-state index in [1.165, 1.54) is 0 Å². The van der Waals surface area contributed by atoms with Gasteiger partial charge >= 0.3 is 0 Å². The van der Waals surface area contributed by atoms with E-state index in [-0.39, 0.29) is 12.1 Å².